The molecule has 4 heteroatoms. The van der Waals surface area contributed by atoms with Crippen LogP contribution < -0.4 is 15.8 Å². The van der Waals surface area contributed by atoms with E-state index in [2.05, 4.69) is 34.0 Å². The second kappa shape index (κ2) is 3.72. The van der Waals surface area contributed by atoms with Gasteiger partial charge in [0.05, 0.1) is 17.6 Å². The predicted molar refractivity (Wildman–Crippen MR) is 69.1 cm³/mol. The topological polar surface area (TPSA) is 44.4 Å². The Morgan fingerprint density at radius 2 is 2.17 bits per heavy atom. The number of carbonyl (C=O) groups excluding carboxylic acids is 1. The molecule has 0 aliphatic carbocycles. The zero-order chi connectivity index (χ0) is 12.1. The number of hydrogen-bond donors (Lipinski definition) is 2. The molecule has 2 saturated heterocycles. The second-order valence-electron chi connectivity index (χ2n) is 5.47. The third-order valence-corrected chi connectivity index (χ3v) is 4.50. The van der Waals surface area contributed by atoms with Crippen molar-refractivity contribution < 1.29 is 4.79 Å². The molecule has 2 fully saturated rings. The van der Waals surface area contributed by atoms with Gasteiger partial charge in [0.15, 0.2) is 0 Å². The minimum absolute atomic E-state index is 0.148. The molecule has 0 saturated carbocycles. The van der Waals surface area contributed by atoms with Gasteiger partial charge in [-0.2, -0.15) is 0 Å². The first-order valence-corrected chi connectivity index (χ1v) is 6.75. The number of amides is 1. The fraction of sp³-hybridized carbons (Fsp3) is 0.500. The molecule has 0 aromatic heterocycles. The smallest absolute Gasteiger partial charge is 0.243 e. The molecule has 4 rings (SSSR count). The normalized spacial score (nSPS) is 33.4. The number of rotatable bonds is 0. The molecule has 0 spiro atoms. The lowest BCUT2D eigenvalue weighted by molar-refractivity contribution is -0.129. The van der Waals surface area contributed by atoms with Crippen molar-refractivity contribution in [3.8, 4) is 0 Å². The molecule has 3 aliphatic heterocycles. The first kappa shape index (κ1) is 10.4. The number of hydrazine groups is 1. The summed E-state index contributed by atoms with van der Waals surface area (Å²) in [4.78, 5) is 12.2. The standard InChI is InChI=1S/C14H17N3O/c18-14-10-5-3-7-15-13(10)12-8-9-4-1-2-6-11(9)17(12)16-14/h1-2,4,6,10,12-13,15H,3,5,7-8H2,(H,16,18). The van der Waals surface area contributed by atoms with Crippen molar-refractivity contribution in [3.05, 3.63) is 29.8 Å². The average molecular weight is 243 g/mol. The summed E-state index contributed by atoms with van der Waals surface area (Å²) in [6, 6.07) is 9.06. The molecule has 0 bridgehead atoms. The molecule has 1 aromatic rings. The lowest BCUT2D eigenvalue weighted by atomic mass is 9.83. The first-order chi connectivity index (χ1) is 8.84. The van der Waals surface area contributed by atoms with E-state index in [1.807, 2.05) is 6.07 Å². The van der Waals surface area contributed by atoms with Crippen molar-refractivity contribution in [1.82, 2.24) is 10.7 Å². The summed E-state index contributed by atoms with van der Waals surface area (Å²) in [6.07, 6.45) is 3.16. The van der Waals surface area contributed by atoms with Crippen molar-refractivity contribution in [2.45, 2.75) is 31.3 Å². The van der Waals surface area contributed by atoms with Gasteiger partial charge in [-0.3, -0.25) is 15.2 Å². The molecule has 3 atom stereocenters. The molecule has 18 heavy (non-hydrogen) atoms. The summed E-state index contributed by atoms with van der Waals surface area (Å²) in [5.41, 5.74) is 5.60. The summed E-state index contributed by atoms with van der Waals surface area (Å²) in [5.74, 6) is 0.328. The highest BCUT2D eigenvalue weighted by molar-refractivity contribution is 5.84. The van der Waals surface area contributed by atoms with Crippen LogP contribution in [0.5, 0.6) is 0 Å². The van der Waals surface area contributed by atoms with Crippen LogP contribution in [0.2, 0.25) is 0 Å². The van der Waals surface area contributed by atoms with Gasteiger partial charge in [-0.15, -0.1) is 0 Å². The highest BCUT2D eigenvalue weighted by atomic mass is 16.2. The van der Waals surface area contributed by atoms with Crippen LogP contribution in [0.4, 0.5) is 5.69 Å². The van der Waals surface area contributed by atoms with Gasteiger partial charge in [-0.25, -0.2) is 0 Å². The Balaban J connectivity index is 1.73. The number of benzene rings is 1. The van der Waals surface area contributed by atoms with E-state index in [0.717, 1.165) is 25.8 Å². The Kier molecular flexibility index (Phi) is 2.14. The third-order valence-electron chi connectivity index (χ3n) is 4.50. The maximum Gasteiger partial charge on any atom is 0.243 e. The molecular formula is C14H17N3O. The lowest BCUT2D eigenvalue weighted by Crippen LogP contribution is -2.67. The van der Waals surface area contributed by atoms with Crippen LogP contribution in [0.25, 0.3) is 0 Å². The van der Waals surface area contributed by atoms with Crippen molar-refractivity contribution in [2.75, 3.05) is 11.6 Å². The van der Waals surface area contributed by atoms with Gasteiger partial charge in [-0.1, -0.05) is 18.2 Å². The van der Waals surface area contributed by atoms with Gasteiger partial charge in [-0.05, 0) is 37.4 Å². The van der Waals surface area contributed by atoms with Crippen LogP contribution in [0, 0.1) is 5.92 Å². The van der Waals surface area contributed by atoms with Crippen molar-refractivity contribution in [2.24, 2.45) is 5.92 Å². The van der Waals surface area contributed by atoms with Crippen molar-refractivity contribution >= 4 is 11.6 Å². The monoisotopic (exact) mass is 243 g/mol. The Labute approximate surface area is 106 Å². The van der Waals surface area contributed by atoms with Crippen molar-refractivity contribution in [1.29, 1.82) is 0 Å². The van der Waals surface area contributed by atoms with E-state index >= 15 is 0 Å². The van der Waals surface area contributed by atoms with E-state index in [9.17, 15) is 4.79 Å². The lowest BCUT2D eigenvalue weighted by Gasteiger charge is -2.45. The van der Waals surface area contributed by atoms with Crippen LogP contribution in [0.15, 0.2) is 24.3 Å². The number of nitrogens with zero attached hydrogens (tertiary/aromatic N) is 1. The van der Waals surface area contributed by atoms with Gasteiger partial charge < -0.3 is 5.32 Å². The minimum atomic E-state index is 0.148. The van der Waals surface area contributed by atoms with Crippen LogP contribution in [0.3, 0.4) is 0 Å². The number of hydrogen-bond acceptors (Lipinski definition) is 3. The molecule has 3 unspecified atom stereocenters. The van der Waals surface area contributed by atoms with Crippen LogP contribution >= 0.6 is 0 Å². The molecule has 2 N–H and O–H groups in total. The molecule has 1 amide bonds. The van der Waals surface area contributed by atoms with E-state index in [4.69, 9.17) is 0 Å². The second-order valence-corrected chi connectivity index (χ2v) is 5.47. The molecule has 4 nitrogen and oxygen atoms in total. The summed E-state index contributed by atoms with van der Waals surface area (Å²) < 4.78 is 0. The number of piperidine rings is 1. The number of carbonyl (C=O) groups is 1. The van der Waals surface area contributed by atoms with Crippen LogP contribution in [-0.4, -0.2) is 24.5 Å². The number of anilines is 1. The quantitative estimate of drug-likeness (QED) is 0.709. The Bertz CT molecular complexity index is 502. The number of fused-ring (bicyclic) bond motifs is 5. The molecule has 1 aromatic carbocycles. The fourth-order valence-corrected chi connectivity index (χ4v) is 3.66. The largest absolute Gasteiger partial charge is 0.311 e. The van der Waals surface area contributed by atoms with Gasteiger partial charge in [0, 0.05) is 6.04 Å². The minimum Gasteiger partial charge on any atom is -0.311 e. The summed E-state index contributed by atoms with van der Waals surface area (Å²) in [7, 11) is 0. The zero-order valence-electron chi connectivity index (χ0n) is 10.2. The number of nitrogens with one attached hydrogen (secondary N) is 2. The van der Waals surface area contributed by atoms with Crippen LogP contribution in [-0.2, 0) is 11.2 Å². The molecule has 3 aliphatic rings. The van der Waals surface area contributed by atoms with E-state index in [-0.39, 0.29) is 11.8 Å². The molecular weight excluding hydrogens is 226 g/mol. The maximum atomic E-state index is 12.2. The molecule has 94 valence electrons. The van der Waals surface area contributed by atoms with Gasteiger partial charge >= 0.3 is 0 Å². The summed E-state index contributed by atoms with van der Waals surface area (Å²) >= 11 is 0. The average Bonchev–Trinajstić information content (AvgIpc) is 2.78. The summed E-state index contributed by atoms with van der Waals surface area (Å²) in [6.45, 7) is 1.04. The van der Waals surface area contributed by atoms with Gasteiger partial charge in [0.1, 0.15) is 0 Å². The fourth-order valence-electron chi connectivity index (χ4n) is 3.66. The van der Waals surface area contributed by atoms with E-state index in [1.54, 1.807) is 0 Å². The van der Waals surface area contributed by atoms with Gasteiger partial charge in [0.2, 0.25) is 5.91 Å². The first-order valence-electron chi connectivity index (χ1n) is 6.75. The van der Waals surface area contributed by atoms with E-state index in [0.29, 0.717) is 12.1 Å². The highest BCUT2D eigenvalue weighted by Gasteiger charge is 2.47. The predicted octanol–water partition coefficient (Wildman–Crippen LogP) is 0.831. The Morgan fingerprint density at radius 3 is 3.11 bits per heavy atom. The van der Waals surface area contributed by atoms with Crippen LogP contribution in [0.1, 0.15) is 18.4 Å². The Hall–Kier alpha value is -1.55. The zero-order valence-corrected chi connectivity index (χ0v) is 10.2. The molecule has 0 radical (unpaired) electrons. The molecule has 3 heterocycles. The van der Waals surface area contributed by atoms with E-state index < -0.39 is 0 Å². The third kappa shape index (κ3) is 1.32. The SMILES string of the molecule is O=C1NN2c3ccccc3CC2C2NCCCC12. The number of para-hydroxylation sites is 1. The highest BCUT2D eigenvalue weighted by Crippen LogP contribution is 2.37. The summed E-state index contributed by atoms with van der Waals surface area (Å²) in [5, 5.41) is 5.64. The maximum absolute atomic E-state index is 12.2. The van der Waals surface area contributed by atoms with Crippen molar-refractivity contribution in [3.63, 3.8) is 0 Å². The van der Waals surface area contributed by atoms with Gasteiger partial charge in [0.25, 0.3) is 0 Å². The Morgan fingerprint density at radius 1 is 1.28 bits per heavy atom. The van der Waals surface area contributed by atoms with E-state index in [1.165, 1.54) is 11.3 Å².